The second-order valence-electron chi connectivity index (χ2n) is 6.09. The quantitative estimate of drug-likeness (QED) is 0.868. The van der Waals surface area contributed by atoms with Gasteiger partial charge in [-0.25, -0.2) is 4.39 Å². The van der Waals surface area contributed by atoms with Gasteiger partial charge in [-0.2, -0.15) is 0 Å². The monoisotopic (exact) mass is 318 g/mol. The number of halogens is 1. The molecule has 0 radical (unpaired) electrons. The van der Waals surface area contributed by atoms with Crippen LogP contribution >= 0.6 is 11.3 Å². The first-order valence-corrected chi connectivity index (χ1v) is 8.65. The minimum absolute atomic E-state index is 0.155. The summed E-state index contributed by atoms with van der Waals surface area (Å²) >= 11 is 1.75. The van der Waals surface area contributed by atoms with E-state index in [2.05, 4.69) is 20.0 Å². The van der Waals surface area contributed by atoms with Gasteiger partial charge in [-0.15, -0.1) is 10.2 Å². The predicted octanol–water partition coefficient (Wildman–Crippen LogP) is 2.88. The molecule has 0 spiro atoms. The maximum absolute atomic E-state index is 13.2. The molecule has 0 amide bonds. The van der Waals surface area contributed by atoms with Crippen LogP contribution in [-0.4, -0.2) is 41.3 Å². The summed E-state index contributed by atoms with van der Waals surface area (Å²) in [5.74, 6) is 0.526. The maximum atomic E-state index is 13.2. The molecule has 2 aromatic rings. The summed E-state index contributed by atoms with van der Waals surface area (Å²) in [5.41, 5.74) is 1.04. The molecule has 1 aliphatic heterocycles. The molecule has 0 unspecified atom stereocenters. The molecule has 1 saturated heterocycles. The number of aromatic nitrogens is 2. The van der Waals surface area contributed by atoms with Crippen LogP contribution in [0.3, 0.4) is 0 Å². The van der Waals surface area contributed by atoms with Crippen LogP contribution in [0.5, 0.6) is 0 Å². The first-order valence-electron chi connectivity index (χ1n) is 7.83. The molecule has 1 saturated carbocycles. The number of piperazine rings is 1. The predicted molar refractivity (Wildman–Crippen MR) is 85.8 cm³/mol. The van der Waals surface area contributed by atoms with E-state index in [1.54, 1.807) is 23.5 Å². The largest absolute Gasteiger partial charge is 0.344 e. The fraction of sp³-hybridized carbons (Fsp3) is 0.500. The van der Waals surface area contributed by atoms with E-state index in [4.69, 9.17) is 0 Å². The molecule has 1 aliphatic carbocycles. The van der Waals surface area contributed by atoms with Gasteiger partial charge < -0.3 is 4.90 Å². The van der Waals surface area contributed by atoms with Gasteiger partial charge in [0.25, 0.3) is 0 Å². The highest BCUT2D eigenvalue weighted by Crippen LogP contribution is 2.42. The van der Waals surface area contributed by atoms with Crippen LogP contribution in [0.1, 0.15) is 29.3 Å². The smallest absolute Gasteiger partial charge is 0.208 e. The number of hydrogen-bond acceptors (Lipinski definition) is 5. The van der Waals surface area contributed by atoms with Crippen LogP contribution in [0.4, 0.5) is 9.52 Å². The highest BCUT2D eigenvalue weighted by molar-refractivity contribution is 7.15. The molecular weight excluding hydrogens is 299 g/mol. The Morgan fingerprint density at radius 3 is 2.68 bits per heavy atom. The number of benzene rings is 1. The first kappa shape index (κ1) is 14.1. The zero-order valence-electron chi connectivity index (χ0n) is 12.4. The van der Waals surface area contributed by atoms with Gasteiger partial charge in [-0.1, -0.05) is 23.5 Å². The van der Waals surface area contributed by atoms with Crippen LogP contribution in [-0.2, 0) is 6.54 Å². The van der Waals surface area contributed by atoms with E-state index in [-0.39, 0.29) is 5.82 Å². The van der Waals surface area contributed by atoms with Crippen molar-refractivity contribution in [3.05, 3.63) is 40.7 Å². The number of hydrogen-bond donors (Lipinski definition) is 0. The van der Waals surface area contributed by atoms with Gasteiger partial charge in [0.2, 0.25) is 5.13 Å². The second-order valence-corrected chi connectivity index (χ2v) is 7.08. The Bertz CT molecular complexity index is 647. The van der Waals surface area contributed by atoms with E-state index in [1.165, 1.54) is 23.9 Å². The summed E-state index contributed by atoms with van der Waals surface area (Å²) in [6.07, 6.45) is 2.55. The van der Waals surface area contributed by atoms with E-state index in [1.807, 2.05) is 6.07 Å². The number of rotatable bonds is 4. The van der Waals surface area contributed by atoms with Crippen LogP contribution in [0.25, 0.3) is 0 Å². The molecule has 6 heteroatoms. The summed E-state index contributed by atoms with van der Waals surface area (Å²) in [6.45, 7) is 4.71. The lowest BCUT2D eigenvalue weighted by Crippen LogP contribution is -2.45. The molecule has 2 fully saturated rings. The lowest BCUT2D eigenvalue weighted by Gasteiger charge is -2.34. The molecule has 4 rings (SSSR count). The topological polar surface area (TPSA) is 32.3 Å². The highest BCUT2D eigenvalue weighted by atomic mass is 32.1. The Balaban J connectivity index is 1.33. The van der Waals surface area contributed by atoms with Crippen molar-refractivity contribution in [2.75, 3.05) is 31.1 Å². The van der Waals surface area contributed by atoms with Crippen molar-refractivity contribution < 1.29 is 4.39 Å². The van der Waals surface area contributed by atoms with Gasteiger partial charge in [0.15, 0.2) is 0 Å². The molecule has 1 aromatic heterocycles. The van der Waals surface area contributed by atoms with Crippen LogP contribution in [0, 0.1) is 5.82 Å². The lowest BCUT2D eigenvalue weighted by atomic mass is 10.2. The Morgan fingerprint density at radius 1 is 1.14 bits per heavy atom. The highest BCUT2D eigenvalue weighted by Gasteiger charge is 2.29. The summed E-state index contributed by atoms with van der Waals surface area (Å²) in [4.78, 5) is 4.69. The molecule has 0 N–H and O–H groups in total. The van der Waals surface area contributed by atoms with Gasteiger partial charge >= 0.3 is 0 Å². The van der Waals surface area contributed by atoms with E-state index < -0.39 is 0 Å². The van der Waals surface area contributed by atoms with Crippen molar-refractivity contribution in [2.24, 2.45) is 0 Å². The van der Waals surface area contributed by atoms with Crippen LogP contribution < -0.4 is 4.90 Å². The minimum atomic E-state index is -0.155. The lowest BCUT2D eigenvalue weighted by molar-refractivity contribution is 0.249. The Kier molecular flexibility index (Phi) is 3.80. The molecule has 4 nitrogen and oxygen atoms in total. The van der Waals surface area contributed by atoms with E-state index in [9.17, 15) is 4.39 Å². The van der Waals surface area contributed by atoms with Gasteiger partial charge in [-0.3, -0.25) is 4.90 Å². The van der Waals surface area contributed by atoms with Crippen molar-refractivity contribution in [1.29, 1.82) is 0 Å². The van der Waals surface area contributed by atoms with Crippen LogP contribution in [0.2, 0.25) is 0 Å². The average Bonchev–Trinajstić information content (AvgIpc) is 3.26. The second kappa shape index (κ2) is 5.93. The third-order valence-electron chi connectivity index (χ3n) is 4.29. The van der Waals surface area contributed by atoms with Crippen molar-refractivity contribution >= 4 is 16.5 Å². The number of nitrogens with zero attached hydrogens (tertiary/aromatic N) is 4. The summed E-state index contributed by atoms with van der Waals surface area (Å²) in [7, 11) is 0. The van der Waals surface area contributed by atoms with Crippen LogP contribution in [0.15, 0.2) is 24.3 Å². The van der Waals surface area contributed by atoms with E-state index in [0.717, 1.165) is 43.4 Å². The Labute approximate surface area is 133 Å². The van der Waals surface area contributed by atoms with Gasteiger partial charge in [0.05, 0.1) is 0 Å². The fourth-order valence-corrected chi connectivity index (χ4v) is 3.90. The molecule has 0 bridgehead atoms. The molecule has 2 aliphatic rings. The van der Waals surface area contributed by atoms with E-state index >= 15 is 0 Å². The maximum Gasteiger partial charge on any atom is 0.208 e. The Hall–Kier alpha value is -1.53. The van der Waals surface area contributed by atoms with Crippen molar-refractivity contribution in [1.82, 2.24) is 15.1 Å². The Morgan fingerprint density at radius 2 is 1.95 bits per heavy atom. The van der Waals surface area contributed by atoms with Crippen molar-refractivity contribution in [3.63, 3.8) is 0 Å². The third-order valence-corrected chi connectivity index (χ3v) is 5.44. The van der Waals surface area contributed by atoms with Crippen molar-refractivity contribution in [3.8, 4) is 0 Å². The summed E-state index contributed by atoms with van der Waals surface area (Å²) in [5, 5.41) is 10.9. The number of anilines is 1. The standard InChI is InChI=1S/C16H19FN4S/c17-14-3-1-2-12(10-14)11-20-6-8-21(9-7-20)16-19-18-15(22-16)13-4-5-13/h1-3,10,13H,4-9,11H2. The molecular formula is C16H19FN4S. The third kappa shape index (κ3) is 3.13. The molecule has 1 aromatic carbocycles. The normalized spacial score (nSPS) is 19.6. The summed E-state index contributed by atoms with van der Waals surface area (Å²) < 4.78 is 13.2. The zero-order chi connectivity index (χ0) is 14.9. The SMILES string of the molecule is Fc1cccc(CN2CCN(c3nnc(C4CC4)s3)CC2)c1. The van der Waals surface area contributed by atoms with E-state index in [0.29, 0.717) is 5.92 Å². The zero-order valence-corrected chi connectivity index (χ0v) is 13.2. The molecule has 2 heterocycles. The average molecular weight is 318 g/mol. The van der Waals surface area contributed by atoms with Gasteiger partial charge in [-0.05, 0) is 30.5 Å². The molecule has 116 valence electrons. The van der Waals surface area contributed by atoms with Gasteiger partial charge in [0, 0.05) is 38.6 Å². The molecule has 0 atom stereocenters. The summed E-state index contributed by atoms with van der Waals surface area (Å²) in [6, 6.07) is 6.89. The molecule has 22 heavy (non-hydrogen) atoms. The van der Waals surface area contributed by atoms with Gasteiger partial charge in [0.1, 0.15) is 10.8 Å². The minimum Gasteiger partial charge on any atom is -0.344 e. The first-order chi connectivity index (χ1) is 10.8. The fourth-order valence-electron chi connectivity index (χ4n) is 2.84. The van der Waals surface area contributed by atoms with Crippen molar-refractivity contribution in [2.45, 2.75) is 25.3 Å².